The number of hydrogen-bond acceptors (Lipinski definition) is 3. The monoisotopic (exact) mass is 404 g/mol. The minimum atomic E-state index is -0.329. The molecular formula is C18H27Cl2FN4O. The number of carbonyl (C=O) groups is 1. The number of nitrogens with one attached hydrogen (secondary N) is 1. The Hall–Kier alpha value is -1.63. The molecule has 0 atom stereocenters. The Bertz CT molecular complexity index is 679. The first-order valence-corrected chi connectivity index (χ1v) is 8.37. The minimum absolute atomic E-state index is 0. The summed E-state index contributed by atoms with van der Waals surface area (Å²) in [6, 6.07) is 4.98. The lowest BCUT2D eigenvalue weighted by Gasteiger charge is -2.09. The standard InChI is InChI=1S/C18H25FN4O.2ClH/c1-14-21-10-11-23(14)17-8-7-15(12-16(17)19)13-22-18(24)6-4-2-3-5-9-20;;/h7-8,10-12H,2-6,9,13,20H2,1H3,(H,22,24);2*1H. The van der Waals surface area contributed by atoms with E-state index >= 15 is 0 Å². The number of aromatic nitrogens is 2. The number of imidazole rings is 1. The van der Waals surface area contributed by atoms with Gasteiger partial charge >= 0.3 is 0 Å². The van der Waals surface area contributed by atoms with Crippen molar-refractivity contribution >= 4 is 30.7 Å². The molecule has 1 aromatic carbocycles. The molecule has 0 fully saturated rings. The number of amides is 1. The summed E-state index contributed by atoms with van der Waals surface area (Å²) in [5.41, 5.74) is 6.63. The second-order valence-corrected chi connectivity index (χ2v) is 5.86. The maximum absolute atomic E-state index is 14.3. The fraction of sp³-hybridized carbons (Fsp3) is 0.444. The van der Waals surface area contributed by atoms with Crippen LogP contribution in [0.3, 0.4) is 0 Å². The minimum Gasteiger partial charge on any atom is -0.352 e. The van der Waals surface area contributed by atoms with Crippen molar-refractivity contribution < 1.29 is 9.18 Å². The molecule has 2 aromatic rings. The zero-order valence-electron chi connectivity index (χ0n) is 14.9. The molecule has 0 aliphatic rings. The predicted octanol–water partition coefficient (Wildman–Crippen LogP) is 3.69. The summed E-state index contributed by atoms with van der Waals surface area (Å²) >= 11 is 0. The van der Waals surface area contributed by atoms with Crippen LogP contribution in [0.2, 0.25) is 0 Å². The lowest BCUT2D eigenvalue weighted by atomic mass is 10.1. The molecule has 0 saturated heterocycles. The van der Waals surface area contributed by atoms with E-state index in [4.69, 9.17) is 5.73 Å². The maximum Gasteiger partial charge on any atom is 0.220 e. The van der Waals surface area contributed by atoms with E-state index in [0.717, 1.165) is 37.1 Å². The van der Waals surface area contributed by atoms with Gasteiger partial charge in [-0.25, -0.2) is 9.37 Å². The van der Waals surface area contributed by atoms with Gasteiger partial charge in [-0.1, -0.05) is 18.9 Å². The first-order valence-electron chi connectivity index (χ1n) is 8.37. The van der Waals surface area contributed by atoms with Crippen LogP contribution in [-0.4, -0.2) is 22.0 Å². The molecule has 0 saturated carbocycles. The number of hydrogen-bond donors (Lipinski definition) is 2. The van der Waals surface area contributed by atoms with Gasteiger partial charge < -0.3 is 15.6 Å². The van der Waals surface area contributed by atoms with Gasteiger partial charge in [-0.05, 0) is 44.0 Å². The van der Waals surface area contributed by atoms with E-state index < -0.39 is 0 Å². The molecule has 0 unspecified atom stereocenters. The van der Waals surface area contributed by atoms with E-state index in [-0.39, 0.29) is 36.5 Å². The summed E-state index contributed by atoms with van der Waals surface area (Å²) < 4.78 is 16.0. The summed E-state index contributed by atoms with van der Waals surface area (Å²) in [5.74, 6) is 0.395. The molecule has 0 radical (unpaired) electrons. The van der Waals surface area contributed by atoms with E-state index in [1.165, 1.54) is 6.07 Å². The first kappa shape index (κ1) is 24.4. The summed E-state index contributed by atoms with van der Waals surface area (Å²) in [6.45, 7) is 2.86. The van der Waals surface area contributed by atoms with Gasteiger partial charge in [-0.3, -0.25) is 4.79 Å². The van der Waals surface area contributed by atoms with Gasteiger partial charge in [0, 0.05) is 25.4 Å². The molecular weight excluding hydrogens is 378 g/mol. The van der Waals surface area contributed by atoms with E-state index in [9.17, 15) is 9.18 Å². The van der Waals surface area contributed by atoms with Gasteiger partial charge in [-0.2, -0.15) is 0 Å². The van der Waals surface area contributed by atoms with Gasteiger partial charge in [0.15, 0.2) is 0 Å². The highest BCUT2D eigenvalue weighted by Gasteiger charge is 2.08. The third-order valence-corrected chi connectivity index (χ3v) is 3.95. The number of carbonyl (C=O) groups excluding carboxylic acids is 1. The second-order valence-electron chi connectivity index (χ2n) is 5.86. The Morgan fingerprint density at radius 2 is 1.96 bits per heavy atom. The molecule has 3 N–H and O–H groups in total. The van der Waals surface area contributed by atoms with E-state index in [2.05, 4.69) is 10.3 Å². The zero-order chi connectivity index (χ0) is 17.4. The van der Waals surface area contributed by atoms with Crippen LogP contribution < -0.4 is 11.1 Å². The normalized spacial score (nSPS) is 9.96. The zero-order valence-corrected chi connectivity index (χ0v) is 16.5. The molecule has 146 valence electrons. The average molecular weight is 405 g/mol. The largest absolute Gasteiger partial charge is 0.352 e. The summed E-state index contributed by atoms with van der Waals surface area (Å²) in [7, 11) is 0. The number of nitrogens with two attached hydrogens (primary N) is 1. The number of aryl methyl sites for hydroxylation is 1. The average Bonchev–Trinajstić information content (AvgIpc) is 2.99. The number of rotatable bonds is 9. The summed E-state index contributed by atoms with van der Waals surface area (Å²) in [4.78, 5) is 15.9. The van der Waals surface area contributed by atoms with Crippen molar-refractivity contribution in [2.24, 2.45) is 5.73 Å². The van der Waals surface area contributed by atoms with Crippen molar-refractivity contribution in [3.05, 3.63) is 47.8 Å². The maximum atomic E-state index is 14.3. The predicted molar refractivity (Wildman–Crippen MR) is 107 cm³/mol. The molecule has 0 aliphatic carbocycles. The van der Waals surface area contributed by atoms with E-state index in [1.807, 2.05) is 13.0 Å². The third kappa shape index (κ3) is 7.32. The molecule has 0 spiro atoms. The molecule has 1 amide bonds. The molecule has 26 heavy (non-hydrogen) atoms. The molecule has 5 nitrogen and oxygen atoms in total. The third-order valence-electron chi connectivity index (χ3n) is 3.95. The molecule has 1 aromatic heterocycles. The van der Waals surface area contributed by atoms with Crippen molar-refractivity contribution in [3.63, 3.8) is 0 Å². The van der Waals surface area contributed by atoms with Crippen molar-refractivity contribution in [1.29, 1.82) is 0 Å². The molecule has 2 rings (SSSR count). The lowest BCUT2D eigenvalue weighted by Crippen LogP contribution is -2.22. The number of nitrogens with zero attached hydrogens (tertiary/aromatic N) is 2. The van der Waals surface area contributed by atoms with E-state index in [0.29, 0.717) is 25.2 Å². The molecule has 8 heteroatoms. The Kier molecular flexibility index (Phi) is 11.9. The van der Waals surface area contributed by atoms with Crippen molar-refractivity contribution in [1.82, 2.24) is 14.9 Å². The highest BCUT2D eigenvalue weighted by Crippen LogP contribution is 2.16. The Balaban J connectivity index is 0.00000312. The molecule has 1 heterocycles. The van der Waals surface area contributed by atoms with Crippen molar-refractivity contribution in [2.75, 3.05) is 6.54 Å². The lowest BCUT2D eigenvalue weighted by molar-refractivity contribution is -0.121. The van der Waals surface area contributed by atoms with Crippen LogP contribution in [0.25, 0.3) is 5.69 Å². The van der Waals surface area contributed by atoms with Crippen LogP contribution in [0.4, 0.5) is 4.39 Å². The second kappa shape index (κ2) is 12.7. The first-order chi connectivity index (χ1) is 11.6. The number of benzene rings is 1. The fourth-order valence-corrected chi connectivity index (χ4v) is 2.56. The Morgan fingerprint density at radius 1 is 1.23 bits per heavy atom. The number of halogens is 3. The van der Waals surface area contributed by atoms with Gasteiger partial charge in [0.25, 0.3) is 0 Å². The fourth-order valence-electron chi connectivity index (χ4n) is 2.56. The Labute approximate surface area is 166 Å². The van der Waals surface area contributed by atoms with Crippen molar-refractivity contribution in [3.8, 4) is 5.69 Å². The number of unbranched alkanes of at least 4 members (excludes halogenated alkanes) is 3. The van der Waals surface area contributed by atoms with Crippen LogP contribution in [0.5, 0.6) is 0 Å². The van der Waals surface area contributed by atoms with Gasteiger partial charge in [0.1, 0.15) is 11.6 Å². The van der Waals surface area contributed by atoms with Crippen LogP contribution in [0, 0.1) is 12.7 Å². The topological polar surface area (TPSA) is 72.9 Å². The summed E-state index contributed by atoms with van der Waals surface area (Å²) in [6.07, 6.45) is 7.79. The van der Waals surface area contributed by atoms with Crippen LogP contribution in [0.1, 0.15) is 43.5 Å². The van der Waals surface area contributed by atoms with Gasteiger partial charge in [-0.15, -0.1) is 24.8 Å². The van der Waals surface area contributed by atoms with Crippen molar-refractivity contribution in [2.45, 2.75) is 45.6 Å². The van der Waals surface area contributed by atoms with Crippen LogP contribution in [0.15, 0.2) is 30.6 Å². The quantitative estimate of drug-likeness (QED) is 0.625. The molecule has 0 bridgehead atoms. The van der Waals surface area contributed by atoms with E-state index in [1.54, 1.807) is 23.0 Å². The van der Waals surface area contributed by atoms with Gasteiger partial charge in [0.2, 0.25) is 5.91 Å². The SMILES string of the molecule is Cc1nccn1-c1ccc(CNC(=O)CCCCCCN)cc1F.Cl.Cl. The Morgan fingerprint density at radius 3 is 2.58 bits per heavy atom. The smallest absolute Gasteiger partial charge is 0.220 e. The summed E-state index contributed by atoms with van der Waals surface area (Å²) in [5, 5.41) is 2.83. The van der Waals surface area contributed by atoms with Crippen LogP contribution >= 0.6 is 24.8 Å². The van der Waals surface area contributed by atoms with Gasteiger partial charge in [0.05, 0.1) is 5.69 Å². The molecule has 0 aliphatic heterocycles. The van der Waals surface area contributed by atoms with Crippen LogP contribution in [-0.2, 0) is 11.3 Å². The highest BCUT2D eigenvalue weighted by molar-refractivity contribution is 5.85. The highest BCUT2D eigenvalue weighted by atomic mass is 35.5.